The summed E-state index contributed by atoms with van der Waals surface area (Å²) in [6.45, 7) is -1.24. The lowest BCUT2D eigenvalue weighted by atomic mass is 10.1. The summed E-state index contributed by atoms with van der Waals surface area (Å²) < 4.78 is 34.5. The summed E-state index contributed by atoms with van der Waals surface area (Å²) >= 11 is 0. The minimum absolute atomic E-state index is 0.106. The molecular weight excluding hydrogens is 370 g/mol. The molecule has 6 nitrogen and oxygen atoms in total. The summed E-state index contributed by atoms with van der Waals surface area (Å²) in [5.74, 6) is -1.02. The molecule has 8 heteroatoms. The summed E-state index contributed by atoms with van der Waals surface area (Å²) in [6.07, 6.45) is 1.38. The molecule has 0 radical (unpaired) electrons. The number of rotatable bonds is 6. The van der Waals surface area contributed by atoms with E-state index >= 15 is 0 Å². The van der Waals surface area contributed by atoms with Crippen LogP contribution >= 0.6 is 0 Å². The van der Waals surface area contributed by atoms with Gasteiger partial charge < -0.3 is 19.8 Å². The van der Waals surface area contributed by atoms with Gasteiger partial charge in [-0.25, -0.2) is 0 Å². The Morgan fingerprint density at radius 2 is 1.71 bits per heavy atom. The van der Waals surface area contributed by atoms with Crippen LogP contribution in [-0.2, 0) is 0 Å². The molecule has 1 heterocycles. The normalized spacial score (nSPS) is 10.6. The standard InChI is InChI=1S/C20H16F2N2O4/c1-12-8-9-13(11-15(12)24-19(26)17-7-4-10-27-17)18(25)23-14-5-2-3-6-16(14)28-20(21)22/h2-11,20H,1H3,(H,23,25)(H,24,26). The number of aryl methyl sites for hydroxylation is 1. The first-order valence-corrected chi connectivity index (χ1v) is 8.25. The zero-order valence-corrected chi connectivity index (χ0v) is 14.7. The maximum atomic E-state index is 12.5. The summed E-state index contributed by atoms with van der Waals surface area (Å²) in [5, 5.41) is 5.20. The van der Waals surface area contributed by atoms with Gasteiger partial charge >= 0.3 is 6.61 Å². The van der Waals surface area contributed by atoms with Crippen molar-refractivity contribution < 1.29 is 27.5 Å². The number of hydrogen-bond acceptors (Lipinski definition) is 4. The van der Waals surface area contributed by atoms with Crippen LogP contribution in [0.3, 0.4) is 0 Å². The van der Waals surface area contributed by atoms with Gasteiger partial charge in [0.1, 0.15) is 5.75 Å². The van der Waals surface area contributed by atoms with Crippen LogP contribution in [-0.4, -0.2) is 18.4 Å². The van der Waals surface area contributed by atoms with Gasteiger partial charge in [0.15, 0.2) is 5.76 Å². The number of carbonyl (C=O) groups excluding carboxylic acids is 2. The Balaban J connectivity index is 1.79. The zero-order chi connectivity index (χ0) is 20.1. The van der Waals surface area contributed by atoms with Crippen molar-refractivity contribution in [3.8, 4) is 5.75 Å². The number of halogens is 2. The molecule has 0 bridgehead atoms. The van der Waals surface area contributed by atoms with Crippen molar-refractivity contribution in [3.05, 3.63) is 77.7 Å². The van der Waals surface area contributed by atoms with Crippen LogP contribution in [0, 0.1) is 6.92 Å². The Labute approximate surface area is 159 Å². The lowest BCUT2D eigenvalue weighted by molar-refractivity contribution is -0.0493. The molecule has 0 unspecified atom stereocenters. The molecule has 3 aromatic rings. The summed E-state index contributed by atoms with van der Waals surface area (Å²) in [4.78, 5) is 24.7. The molecule has 2 aromatic carbocycles. The molecule has 2 amide bonds. The molecule has 0 saturated carbocycles. The molecule has 0 atom stereocenters. The Bertz CT molecular complexity index is 988. The van der Waals surface area contributed by atoms with Crippen LogP contribution in [0.25, 0.3) is 0 Å². The molecule has 0 aliphatic carbocycles. The van der Waals surface area contributed by atoms with Gasteiger partial charge in [-0.1, -0.05) is 18.2 Å². The Kier molecular flexibility index (Phi) is 5.69. The van der Waals surface area contributed by atoms with Gasteiger partial charge in [-0.3, -0.25) is 9.59 Å². The number of carbonyl (C=O) groups is 2. The Hall–Kier alpha value is -3.68. The van der Waals surface area contributed by atoms with Crippen molar-refractivity contribution in [2.24, 2.45) is 0 Å². The van der Waals surface area contributed by atoms with Gasteiger partial charge in [0.05, 0.1) is 12.0 Å². The number of nitrogens with one attached hydrogen (secondary N) is 2. The number of ether oxygens (including phenoxy) is 1. The summed E-state index contributed by atoms with van der Waals surface area (Å²) in [6, 6.07) is 13.7. The minimum Gasteiger partial charge on any atom is -0.459 e. The lowest BCUT2D eigenvalue weighted by Crippen LogP contribution is -2.16. The van der Waals surface area contributed by atoms with Gasteiger partial charge in [-0.05, 0) is 48.9 Å². The third kappa shape index (κ3) is 4.53. The highest BCUT2D eigenvalue weighted by Gasteiger charge is 2.15. The van der Waals surface area contributed by atoms with E-state index in [0.717, 1.165) is 5.56 Å². The van der Waals surface area contributed by atoms with Crippen LogP contribution < -0.4 is 15.4 Å². The SMILES string of the molecule is Cc1ccc(C(=O)Nc2ccccc2OC(F)F)cc1NC(=O)c1ccco1. The number of hydrogen-bond donors (Lipinski definition) is 2. The first-order chi connectivity index (χ1) is 13.4. The second-order valence-corrected chi connectivity index (χ2v) is 5.79. The number of para-hydroxylation sites is 2. The molecule has 0 aliphatic heterocycles. The monoisotopic (exact) mass is 386 g/mol. The van der Waals surface area contributed by atoms with Crippen molar-refractivity contribution >= 4 is 23.2 Å². The van der Waals surface area contributed by atoms with E-state index < -0.39 is 18.4 Å². The Morgan fingerprint density at radius 3 is 2.43 bits per heavy atom. The maximum absolute atomic E-state index is 12.5. The largest absolute Gasteiger partial charge is 0.459 e. The minimum atomic E-state index is -3.01. The predicted octanol–water partition coefficient (Wildman–Crippen LogP) is 4.69. The molecule has 1 aromatic heterocycles. The highest BCUT2D eigenvalue weighted by atomic mass is 19.3. The average molecular weight is 386 g/mol. The Morgan fingerprint density at radius 1 is 0.964 bits per heavy atom. The van der Waals surface area contributed by atoms with E-state index in [2.05, 4.69) is 15.4 Å². The van der Waals surface area contributed by atoms with E-state index in [9.17, 15) is 18.4 Å². The molecule has 0 saturated heterocycles. The maximum Gasteiger partial charge on any atom is 0.387 e. The zero-order valence-electron chi connectivity index (χ0n) is 14.7. The van der Waals surface area contributed by atoms with Crippen molar-refractivity contribution in [3.63, 3.8) is 0 Å². The van der Waals surface area contributed by atoms with Crippen LogP contribution in [0.15, 0.2) is 65.3 Å². The van der Waals surface area contributed by atoms with E-state index in [4.69, 9.17) is 4.42 Å². The van der Waals surface area contributed by atoms with E-state index in [1.165, 1.54) is 36.6 Å². The number of amides is 2. The van der Waals surface area contributed by atoms with Crippen LogP contribution in [0.5, 0.6) is 5.75 Å². The lowest BCUT2D eigenvalue weighted by Gasteiger charge is -2.13. The van der Waals surface area contributed by atoms with Crippen molar-refractivity contribution in [1.82, 2.24) is 0 Å². The van der Waals surface area contributed by atoms with Crippen molar-refractivity contribution in [1.29, 1.82) is 0 Å². The van der Waals surface area contributed by atoms with E-state index in [0.29, 0.717) is 5.69 Å². The third-order valence-electron chi connectivity index (χ3n) is 3.84. The molecule has 0 aliphatic rings. The quantitative estimate of drug-likeness (QED) is 0.644. The van der Waals surface area contributed by atoms with E-state index in [1.807, 2.05) is 0 Å². The first-order valence-electron chi connectivity index (χ1n) is 8.25. The number of alkyl halides is 2. The van der Waals surface area contributed by atoms with E-state index in [1.54, 1.807) is 31.2 Å². The molecule has 0 spiro atoms. The fourth-order valence-electron chi connectivity index (χ4n) is 2.45. The second kappa shape index (κ2) is 8.34. The fourth-order valence-corrected chi connectivity index (χ4v) is 2.45. The molecular formula is C20H16F2N2O4. The summed E-state index contributed by atoms with van der Waals surface area (Å²) in [7, 11) is 0. The fraction of sp³-hybridized carbons (Fsp3) is 0.100. The van der Waals surface area contributed by atoms with Crippen LogP contribution in [0.2, 0.25) is 0 Å². The highest BCUT2D eigenvalue weighted by Crippen LogP contribution is 2.26. The third-order valence-corrected chi connectivity index (χ3v) is 3.84. The molecule has 2 N–H and O–H groups in total. The van der Waals surface area contributed by atoms with Crippen LogP contribution in [0.4, 0.5) is 20.2 Å². The van der Waals surface area contributed by atoms with Gasteiger partial charge in [0, 0.05) is 11.3 Å². The van der Waals surface area contributed by atoms with Gasteiger partial charge in [-0.2, -0.15) is 8.78 Å². The number of furan rings is 1. The average Bonchev–Trinajstić information content (AvgIpc) is 3.19. The first kappa shape index (κ1) is 19.1. The molecule has 0 fully saturated rings. The molecule has 144 valence electrons. The van der Waals surface area contributed by atoms with Crippen molar-refractivity contribution in [2.45, 2.75) is 13.5 Å². The van der Waals surface area contributed by atoms with E-state index in [-0.39, 0.29) is 22.8 Å². The van der Waals surface area contributed by atoms with Gasteiger partial charge in [-0.15, -0.1) is 0 Å². The smallest absolute Gasteiger partial charge is 0.387 e. The number of benzene rings is 2. The van der Waals surface area contributed by atoms with Gasteiger partial charge in [0.2, 0.25) is 0 Å². The highest BCUT2D eigenvalue weighted by molar-refractivity contribution is 6.07. The topological polar surface area (TPSA) is 80.6 Å². The second-order valence-electron chi connectivity index (χ2n) is 5.79. The van der Waals surface area contributed by atoms with Crippen LogP contribution in [0.1, 0.15) is 26.5 Å². The van der Waals surface area contributed by atoms with Gasteiger partial charge in [0.25, 0.3) is 11.8 Å². The predicted molar refractivity (Wildman–Crippen MR) is 98.9 cm³/mol. The molecule has 28 heavy (non-hydrogen) atoms. The number of anilines is 2. The molecule has 3 rings (SSSR count). The summed E-state index contributed by atoms with van der Waals surface area (Å²) in [5.41, 5.74) is 1.49. The van der Waals surface area contributed by atoms with Crippen molar-refractivity contribution in [2.75, 3.05) is 10.6 Å².